The minimum Gasteiger partial charge on any atom is -0.462 e. The van der Waals surface area contributed by atoms with Gasteiger partial charge in [-0.2, -0.15) is 0 Å². The van der Waals surface area contributed by atoms with Crippen molar-refractivity contribution in [1.82, 2.24) is 0 Å². The second-order valence-corrected chi connectivity index (χ2v) is 11.1. The molecule has 4 aliphatic carbocycles. The summed E-state index contributed by atoms with van der Waals surface area (Å²) in [6.45, 7) is 8.59. The Morgan fingerprint density at radius 2 is 1.41 bits per heavy atom. The Labute approximate surface area is 189 Å². The van der Waals surface area contributed by atoms with Crippen LogP contribution in [0.2, 0.25) is 0 Å². The Bertz CT molecular complexity index is 821. The number of fused-ring (bicyclic) bond motifs is 5. The summed E-state index contributed by atoms with van der Waals surface area (Å²) in [5.74, 6) is -0.120. The molecular formula is C25H36O7. The third-order valence-corrected chi connectivity index (χ3v) is 9.29. The van der Waals surface area contributed by atoms with Crippen LogP contribution in [0.5, 0.6) is 0 Å². The maximum atomic E-state index is 13.5. The standard InChI is InChI=1S/C25H36O7/c1-13(26)30-21-11-19-20(29)10-16-17-6-7-23(32-15(3)28)24(17,4)9-8-18(16)25(19,5)12-22(21)31-14(2)27/h16-19,21-23H,6-12H2,1-5H3/t16-,17-,18-,19+,21+,22-,23-,24-,25+/m0/s1. The number of Topliss-reactive ketones (excluding diaryl/α,β-unsaturated/α-hetero) is 1. The molecule has 4 aliphatic rings. The van der Waals surface area contributed by atoms with Gasteiger partial charge in [-0.25, -0.2) is 0 Å². The lowest BCUT2D eigenvalue weighted by molar-refractivity contribution is -0.197. The topological polar surface area (TPSA) is 96.0 Å². The lowest BCUT2D eigenvalue weighted by atomic mass is 9.44. The maximum Gasteiger partial charge on any atom is 0.303 e. The van der Waals surface area contributed by atoms with Crippen LogP contribution in [0.25, 0.3) is 0 Å². The second kappa shape index (κ2) is 8.14. The van der Waals surface area contributed by atoms with E-state index in [1.165, 1.54) is 20.8 Å². The Hall–Kier alpha value is -1.92. The van der Waals surface area contributed by atoms with Crippen molar-refractivity contribution < 1.29 is 33.4 Å². The first-order valence-corrected chi connectivity index (χ1v) is 12.0. The molecule has 9 atom stereocenters. The van der Waals surface area contributed by atoms with Gasteiger partial charge in [-0.15, -0.1) is 0 Å². The number of hydrogen-bond donors (Lipinski definition) is 0. The first-order chi connectivity index (χ1) is 15.0. The van der Waals surface area contributed by atoms with Crippen molar-refractivity contribution in [3.63, 3.8) is 0 Å². The molecule has 4 saturated carbocycles. The molecule has 0 amide bonds. The minimum absolute atomic E-state index is 0.0833. The summed E-state index contributed by atoms with van der Waals surface area (Å²) in [5, 5.41) is 0. The molecule has 32 heavy (non-hydrogen) atoms. The molecular weight excluding hydrogens is 412 g/mol. The zero-order chi connectivity index (χ0) is 23.4. The highest BCUT2D eigenvalue weighted by Crippen LogP contribution is 2.66. The SMILES string of the molecule is CC(=O)O[C@H]1C[C@@]2(C)[C@H](C[C@H]1OC(C)=O)C(=O)C[C@@H]1[C@@H]2CC[C@]2(C)[C@@H](OC(C)=O)CC[C@@H]12. The van der Waals surface area contributed by atoms with E-state index in [-0.39, 0.29) is 40.5 Å². The van der Waals surface area contributed by atoms with E-state index < -0.39 is 24.1 Å². The fourth-order valence-electron chi connectivity index (χ4n) is 8.05. The van der Waals surface area contributed by atoms with Gasteiger partial charge < -0.3 is 14.2 Å². The van der Waals surface area contributed by atoms with E-state index >= 15 is 0 Å². The van der Waals surface area contributed by atoms with E-state index in [1.54, 1.807) is 0 Å². The van der Waals surface area contributed by atoms with Crippen LogP contribution in [0.15, 0.2) is 0 Å². The van der Waals surface area contributed by atoms with Crippen LogP contribution in [-0.4, -0.2) is 42.0 Å². The molecule has 0 spiro atoms. The van der Waals surface area contributed by atoms with Crippen LogP contribution in [0.3, 0.4) is 0 Å². The van der Waals surface area contributed by atoms with E-state index in [0.29, 0.717) is 31.1 Å². The predicted octanol–water partition coefficient (Wildman–Crippen LogP) is 3.61. The van der Waals surface area contributed by atoms with Crippen molar-refractivity contribution in [2.75, 3.05) is 0 Å². The lowest BCUT2D eigenvalue weighted by Crippen LogP contribution is -2.60. The van der Waals surface area contributed by atoms with Gasteiger partial charge in [-0.3, -0.25) is 19.2 Å². The van der Waals surface area contributed by atoms with Crippen LogP contribution in [0.1, 0.15) is 79.6 Å². The first-order valence-electron chi connectivity index (χ1n) is 12.0. The lowest BCUT2D eigenvalue weighted by Gasteiger charge is -2.60. The van der Waals surface area contributed by atoms with Crippen LogP contribution in [-0.2, 0) is 33.4 Å². The monoisotopic (exact) mass is 448 g/mol. The molecule has 0 saturated heterocycles. The van der Waals surface area contributed by atoms with Gasteiger partial charge in [0.1, 0.15) is 24.1 Å². The summed E-state index contributed by atoms with van der Waals surface area (Å²) in [4.78, 5) is 48.6. The molecule has 0 aromatic carbocycles. The Morgan fingerprint density at radius 3 is 2.03 bits per heavy atom. The average Bonchev–Trinajstić information content (AvgIpc) is 2.98. The summed E-state index contributed by atoms with van der Waals surface area (Å²) in [6, 6.07) is 0. The van der Waals surface area contributed by atoms with Gasteiger partial charge in [0.15, 0.2) is 0 Å². The average molecular weight is 449 g/mol. The quantitative estimate of drug-likeness (QED) is 0.481. The van der Waals surface area contributed by atoms with Gasteiger partial charge in [0.25, 0.3) is 0 Å². The van der Waals surface area contributed by atoms with Gasteiger partial charge in [0.2, 0.25) is 0 Å². The Morgan fingerprint density at radius 1 is 0.812 bits per heavy atom. The minimum atomic E-state index is -0.580. The van der Waals surface area contributed by atoms with Gasteiger partial charge in [0, 0.05) is 38.5 Å². The van der Waals surface area contributed by atoms with Crippen LogP contribution in [0.4, 0.5) is 0 Å². The number of ether oxygens (including phenoxy) is 3. The van der Waals surface area contributed by atoms with Crippen LogP contribution in [0, 0.1) is 34.5 Å². The zero-order valence-electron chi connectivity index (χ0n) is 19.8. The van der Waals surface area contributed by atoms with Crippen molar-refractivity contribution in [1.29, 1.82) is 0 Å². The molecule has 178 valence electrons. The van der Waals surface area contributed by atoms with Gasteiger partial charge in [-0.05, 0) is 61.7 Å². The molecule has 0 bridgehead atoms. The number of carbonyl (C=O) groups excluding carboxylic acids is 4. The number of esters is 3. The number of hydrogen-bond acceptors (Lipinski definition) is 7. The summed E-state index contributed by atoms with van der Waals surface area (Å²) in [6.07, 6.45) is 4.00. The Balaban J connectivity index is 1.62. The van der Waals surface area contributed by atoms with Gasteiger partial charge >= 0.3 is 17.9 Å². The molecule has 0 aromatic heterocycles. The van der Waals surface area contributed by atoms with Crippen molar-refractivity contribution >= 4 is 23.7 Å². The van der Waals surface area contributed by atoms with E-state index in [2.05, 4.69) is 13.8 Å². The summed E-state index contributed by atoms with van der Waals surface area (Å²) < 4.78 is 16.8. The maximum absolute atomic E-state index is 13.5. The van der Waals surface area contributed by atoms with E-state index in [4.69, 9.17) is 14.2 Å². The molecule has 7 heteroatoms. The van der Waals surface area contributed by atoms with Crippen LogP contribution >= 0.6 is 0 Å². The normalized spacial score (nSPS) is 45.2. The van der Waals surface area contributed by atoms with Crippen LogP contribution < -0.4 is 0 Å². The summed E-state index contributed by atoms with van der Waals surface area (Å²) in [7, 11) is 0. The predicted molar refractivity (Wildman–Crippen MR) is 114 cm³/mol. The smallest absolute Gasteiger partial charge is 0.303 e. The second-order valence-electron chi connectivity index (χ2n) is 11.1. The summed E-state index contributed by atoms with van der Waals surface area (Å²) in [5.41, 5.74) is -0.405. The Kier molecular flexibility index (Phi) is 5.91. The molecule has 0 aliphatic heterocycles. The van der Waals surface area contributed by atoms with E-state index in [1.807, 2.05) is 0 Å². The van der Waals surface area contributed by atoms with E-state index in [9.17, 15) is 19.2 Å². The zero-order valence-corrected chi connectivity index (χ0v) is 19.8. The van der Waals surface area contributed by atoms with Gasteiger partial charge in [-0.1, -0.05) is 13.8 Å². The van der Waals surface area contributed by atoms with Crippen molar-refractivity contribution in [3.8, 4) is 0 Å². The highest BCUT2D eigenvalue weighted by molar-refractivity contribution is 5.83. The van der Waals surface area contributed by atoms with Crippen molar-refractivity contribution in [3.05, 3.63) is 0 Å². The first kappa shape index (κ1) is 23.2. The van der Waals surface area contributed by atoms with Crippen molar-refractivity contribution in [2.45, 2.75) is 97.9 Å². The third-order valence-electron chi connectivity index (χ3n) is 9.29. The van der Waals surface area contributed by atoms with Crippen molar-refractivity contribution in [2.24, 2.45) is 34.5 Å². The fourth-order valence-corrected chi connectivity index (χ4v) is 8.05. The molecule has 7 nitrogen and oxygen atoms in total. The molecule has 4 fully saturated rings. The summed E-state index contributed by atoms with van der Waals surface area (Å²) >= 11 is 0. The highest BCUT2D eigenvalue weighted by Gasteiger charge is 2.64. The number of ketones is 1. The fraction of sp³-hybridized carbons (Fsp3) is 0.840. The molecule has 0 aromatic rings. The van der Waals surface area contributed by atoms with E-state index in [0.717, 1.165) is 25.7 Å². The highest BCUT2D eigenvalue weighted by atomic mass is 16.6. The molecule has 0 heterocycles. The number of rotatable bonds is 3. The molecule has 0 N–H and O–H groups in total. The molecule has 0 radical (unpaired) electrons. The number of carbonyl (C=O) groups is 4. The molecule has 4 rings (SSSR count). The third kappa shape index (κ3) is 3.75. The molecule has 0 unspecified atom stereocenters. The largest absolute Gasteiger partial charge is 0.462 e. The van der Waals surface area contributed by atoms with Gasteiger partial charge in [0.05, 0.1) is 0 Å².